The number of hydrogen-bond donors (Lipinski definition) is 1. The predicted molar refractivity (Wildman–Crippen MR) is 65.9 cm³/mol. The molecule has 0 aromatic carbocycles. The van der Waals surface area contributed by atoms with Crippen molar-refractivity contribution in [3.05, 3.63) is 18.6 Å². The highest BCUT2D eigenvalue weighted by Crippen LogP contribution is 2.17. The standard InChI is InChI=1S/C12H18N4O2/c13-11(17)8-16-5-1-10(2-6-16)9-18-12-7-14-3-4-15-12/h3-4,7,10H,1-2,5-6,8-9H2,(H2,13,17). The van der Waals surface area contributed by atoms with Crippen LogP contribution in [0, 0.1) is 5.92 Å². The molecule has 2 heterocycles. The summed E-state index contributed by atoms with van der Waals surface area (Å²) in [5.41, 5.74) is 5.17. The second kappa shape index (κ2) is 6.30. The van der Waals surface area contributed by atoms with Crippen LogP contribution in [0.15, 0.2) is 18.6 Å². The maximum atomic E-state index is 10.8. The zero-order valence-corrected chi connectivity index (χ0v) is 10.3. The number of rotatable bonds is 5. The Labute approximate surface area is 106 Å². The molecule has 0 bridgehead atoms. The van der Waals surface area contributed by atoms with Crippen molar-refractivity contribution in [3.8, 4) is 5.88 Å². The first-order chi connectivity index (χ1) is 8.74. The van der Waals surface area contributed by atoms with E-state index in [1.165, 1.54) is 0 Å². The average Bonchev–Trinajstić information content (AvgIpc) is 2.38. The third-order valence-electron chi connectivity index (χ3n) is 3.09. The normalized spacial score (nSPS) is 17.6. The van der Waals surface area contributed by atoms with E-state index in [-0.39, 0.29) is 5.91 Å². The van der Waals surface area contributed by atoms with E-state index in [4.69, 9.17) is 10.5 Å². The minimum Gasteiger partial charge on any atom is -0.476 e. The quantitative estimate of drug-likeness (QED) is 0.798. The van der Waals surface area contributed by atoms with Crippen molar-refractivity contribution in [1.82, 2.24) is 14.9 Å². The van der Waals surface area contributed by atoms with Gasteiger partial charge in [-0.25, -0.2) is 4.98 Å². The summed E-state index contributed by atoms with van der Waals surface area (Å²) in [6.45, 7) is 2.82. The molecular formula is C12H18N4O2. The molecule has 2 rings (SSSR count). The molecule has 0 unspecified atom stereocenters. The third-order valence-corrected chi connectivity index (χ3v) is 3.09. The largest absolute Gasteiger partial charge is 0.476 e. The van der Waals surface area contributed by atoms with Crippen molar-refractivity contribution >= 4 is 5.91 Å². The lowest BCUT2D eigenvalue weighted by atomic mass is 9.98. The Kier molecular flexibility index (Phi) is 4.46. The summed E-state index contributed by atoms with van der Waals surface area (Å²) in [7, 11) is 0. The fourth-order valence-electron chi connectivity index (χ4n) is 2.09. The zero-order valence-electron chi connectivity index (χ0n) is 10.3. The van der Waals surface area contributed by atoms with Crippen LogP contribution in [0.2, 0.25) is 0 Å². The Hall–Kier alpha value is -1.69. The lowest BCUT2D eigenvalue weighted by molar-refractivity contribution is -0.119. The Morgan fingerprint density at radius 1 is 1.44 bits per heavy atom. The molecule has 1 aliphatic rings. The summed E-state index contributed by atoms with van der Waals surface area (Å²) in [5, 5.41) is 0. The van der Waals surface area contributed by atoms with Gasteiger partial charge in [0.25, 0.3) is 0 Å². The molecular weight excluding hydrogens is 232 g/mol. The summed E-state index contributed by atoms with van der Waals surface area (Å²) < 4.78 is 5.58. The van der Waals surface area contributed by atoms with Gasteiger partial charge in [-0.1, -0.05) is 0 Å². The lowest BCUT2D eigenvalue weighted by Crippen LogP contribution is -2.40. The number of carbonyl (C=O) groups excluding carboxylic acids is 1. The number of likely N-dealkylation sites (tertiary alicyclic amines) is 1. The Bertz CT molecular complexity index is 377. The molecule has 1 aliphatic heterocycles. The lowest BCUT2D eigenvalue weighted by Gasteiger charge is -2.30. The molecule has 6 heteroatoms. The maximum Gasteiger partial charge on any atom is 0.232 e. The molecule has 1 aromatic heterocycles. The second-order valence-electron chi connectivity index (χ2n) is 4.54. The van der Waals surface area contributed by atoms with Crippen LogP contribution >= 0.6 is 0 Å². The molecule has 0 atom stereocenters. The van der Waals surface area contributed by atoms with Gasteiger partial charge in [-0.05, 0) is 31.8 Å². The monoisotopic (exact) mass is 250 g/mol. The average molecular weight is 250 g/mol. The highest BCUT2D eigenvalue weighted by molar-refractivity contribution is 5.75. The number of aromatic nitrogens is 2. The fraction of sp³-hybridized carbons (Fsp3) is 0.583. The first kappa shape index (κ1) is 12.8. The molecule has 0 radical (unpaired) electrons. The highest BCUT2D eigenvalue weighted by Gasteiger charge is 2.20. The van der Waals surface area contributed by atoms with Gasteiger partial charge in [0.05, 0.1) is 19.3 Å². The molecule has 98 valence electrons. The summed E-state index contributed by atoms with van der Waals surface area (Å²) in [6, 6.07) is 0. The van der Waals surface area contributed by atoms with Gasteiger partial charge in [-0.3, -0.25) is 14.7 Å². The molecule has 1 aromatic rings. The van der Waals surface area contributed by atoms with Crippen molar-refractivity contribution in [3.63, 3.8) is 0 Å². The summed E-state index contributed by atoms with van der Waals surface area (Å²) in [5.74, 6) is 0.817. The minimum atomic E-state index is -0.260. The van der Waals surface area contributed by atoms with Crippen molar-refractivity contribution in [2.75, 3.05) is 26.2 Å². The van der Waals surface area contributed by atoms with Crippen LogP contribution < -0.4 is 10.5 Å². The van der Waals surface area contributed by atoms with Gasteiger partial charge in [-0.15, -0.1) is 0 Å². The molecule has 1 fully saturated rings. The van der Waals surface area contributed by atoms with Crippen molar-refractivity contribution < 1.29 is 9.53 Å². The first-order valence-corrected chi connectivity index (χ1v) is 6.13. The van der Waals surface area contributed by atoms with E-state index in [1.807, 2.05) is 0 Å². The van der Waals surface area contributed by atoms with E-state index < -0.39 is 0 Å². The molecule has 18 heavy (non-hydrogen) atoms. The number of primary amides is 1. The Morgan fingerprint density at radius 3 is 2.83 bits per heavy atom. The molecule has 0 saturated carbocycles. The van der Waals surface area contributed by atoms with Gasteiger partial charge in [0.1, 0.15) is 0 Å². The van der Waals surface area contributed by atoms with Crippen LogP contribution in [0.4, 0.5) is 0 Å². The van der Waals surface area contributed by atoms with Crippen LogP contribution in [-0.4, -0.2) is 47.0 Å². The zero-order chi connectivity index (χ0) is 12.8. The Morgan fingerprint density at radius 2 is 2.22 bits per heavy atom. The third kappa shape index (κ3) is 3.96. The maximum absolute atomic E-state index is 10.8. The first-order valence-electron chi connectivity index (χ1n) is 6.13. The molecule has 1 saturated heterocycles. The van der Waals surface area contributed by atoms with Gasteiger partial charge in [0, 0.05) is 12.4 Å². The number of amides is 1. The smallest absolute Gasteiger partial charge is 0.232 e. The van der Waals surface area contributed by atoms with Crippen LogP contribution in [0.5, 0.6) is 5.88 Å². The number of piperidine rings is 1. The van der Waals surface area contributed by atoms with E-state index in [2.05, 4.69) is 14.9 Å². The summed E-state index contributed by atoms with van der Waals surface area (Å²) >= 11 is 0. The van der Waals surface area contributed by atoms with Gasteiger partial charge in [0.2, 0.25) is 11.8 Å². The topological polar surface area (TPSA) is 81.3 Å². The van der Waals surface area contributed by atoms with Gasteiger partial charge >= 0.3 is 0 Å². The van der Waals surface area contributed by atoms with Crippen molar-refractivity contribution in [2.24, 2.45) is 11.7 Å². The molecule has 6 nitrogen and oxygen atoms in total. The van der Waals surface area contributed by atoms with E-state index in [0.29, 0.717) is 24.9 Å². The predicted octanol–water partition coefficient (Wildman–Crippen LogP) is 0.0527. The van der Waals surface area contributed by atoms with Crippen LogP contribution in [0.1, 0.15) is 12.8 Å². The molecule has 0 aliphatic carbocycles. The van der Waals surface area contributed by atoms with E-state index in [9.17, 15) is 4.79 Å². The minimum absolute atomic E-state index is 0.260. The number of nitrogens with two attached hydrogens (primary N) is 1. The number of nitrogens with zero attached hydrogens (tertiary/aromatic N) is 3. The molecule has 1 amide bonds. The summed E-state index contributed by atoms with van der Waals surface area (Å²) in [6.07, 6.45) is 6.89. The van der Waals surface area contributed by atoms with Crippen LogP contribution in [0.3, 0.4) is 0 Å². The number of hydrogen-bond acceptors (Lipinski definition) is 5. The second-order valence-corrected chi connectivity index (χ2v) is 4.54. The van der Waals surface area contributed by atoms with E-state index >= 15 is 0 Å². The summed E-state index contributed by atoms with van der Waals surface area (Å²) in [4.78, 5) is 20.9. The fourth-order valence-corrected chi connectivity index (χ4v) is 2.09. The Balaban J connectivity index is 1.69. The van der Waals surface area contributed by atoms with Crippen molar-refractivity contribution in [1.29, 1.82) is 0 Å². The van der Waals surface area contributed by atoms with Gasteiger partial charge < -0.3 is 10.5 Å². The van der Waals surface area contributed by atoms with Crippen molar-refractivity contribution in [2.45, 2.75) is 12.8 Å². The van der Waals surface area contributed by atoms with E-state index in [1.54, 1.807) is 18.6 Å². The van der Waals surface area contributed by atoms with Gasteiger partial charge in [0.15, 0.2) is 0 Å². The molecule has 0 spiro atoms. The van der Waals surface area contributed by atoms with Crippen LogP contribution in [-0.2, 0) is 4.79 Å². The van der Waals surface area contributed by atoms with Gasteiger partial charge in [-0.2, -0.15) is 0 Å². The highest BCUT2D eigenvalue weighted by atomic mass is 16.5. The molecule has 2 N–H and O–H groups in total. The SMILES string of the molecule is NC(=O)CN1CCC(COc2cnccn2)CC1. The van der Waals surface area contributed by atoms with E-state index in [0.717, 1.165) is 25.9 Å². The number of carbonyl (C=O) groups is 1. The number of ether oxygens (including phenoxy) is 1. The van der Waals surface area contributed by atoms with Crippen LogP contribution in [0.25, 0.3) is 0 Å².